The van der Waals surface area contributed by atoms with Crippen LogP contribution in [0.3, 0.4) is 0 Å². The topological polar surface area (TPSA) is 71.3 Å². The summed E-state index contributed by atoms with van der Waals surface area (Å²) in [6, 6.07) is 30.1. The highest BCUT2D eigenvalue weighted by Crippen LogP contribution is 2.28. The summed E-state index contributed by atoms with van der Waals surface area (Å²) in [4.78, 5) is 12.7. The molecule has 0 unspecified atom stereocenters. The lowest BCUT2D eigenvalue weighted by atomic mass is 10.1. The highest BCUT2D eigenvalue weighted by Gasteiger charge is 2.11. The first kappa shape index (κ1) is 25.7. The zero-order chi connectivity index (χ0) is 26.0. The Morgan fingerprint density at radius 3 is 2.32 bits per heavy atom. The zero-order valence-electron chi connectivity index (χ0n) is 19.7. The fraction of sp³-hybridized carbons (Fsp3) is 0.0667. The number of anilines is 1. The Bertz CT molecular complexity index is 1450. The minimum Gasteiger partial charge on any atom is -0.489 e. The highest BCUT2D eigenvalue weighted by atomic mass is 79.9. The van der Waals surface area contributed by atoms with Crippen LogP contribution in [0.15, 0.2) is 107 Å². The molecule has 0 radical (unpaired) electrons. The molecule has 0 aliphatic carbocycles. The average molecular weight is 557 g/mol. The summed E-state index contributed by atoms with van der Waals surface area (Å²) in [5, 5.41) is 12.3. The van der Waals surface area contributed by atoms with E-state index in [4.69, 9.17) is 9.47 Å². The summed E-state index contributed by atoms with van der Waals surface area (Å²) < 4.78 is 25.5. The number of benzene rings is 4. The van der Waals surface area contributed by atoms with Gasteiger partial charge in [-0.15, -0.1) is 0 Å². The van der Waals surface area contributed by atoms with Gasteiger partial charge in [-0.1, -0.05) is 48.5 Å². The number of hydrogen-bond donors (Lipinski definition) is 1. The van der Waals surface area contributed by atoms with Crippen molar-refractivity contribution in [2.45, 2.75) is 13.2 Å². The van der Waals surface area contributed by atoms with Gasteiger partial charge in [0.1, 0.15) is 42.2 Å². The SMILES string of the molecule is N#C/C(=C\c1ccc(OCc2cccc(F)c2)c(Br)c1)C(=O)Nc1ccc(OCc2ccccc2)cc1. The average Bonchev–Trinajstić information content (AvgIpc) is 2.91. The number of rotatable bonds is 9. The number of ether oxygens (including phenoxy) is 2. The number of nitrogens with one attached hydrogen (secondary N) is 1. The van der Waals surface area contributed by atoms with E-state index in [0.29, 0.717) is 39.4 Å². The predicted octanol–water partition coefficient (Wildman–Crippen LogP) is 7.29. The first-order valence-corrected chi connectivity index (χ1v) is 12.2. The smallest absolute Gasteiger partial charge is 0.266 e. The van der Waals surface area contributed by atoms with Gasteiger partial charge in [-0.05, 0) is 87.2 Å². The van der Waals surface area contributed by atoms with E-state index in [9.17, 15) is 14.4 Å². The second kappa shape index (κ2) is 12.5. The van der Waals surface area contributed by atoms with E-state index >= 15 is 0 Å². The van der Waals surface area contributed by atoms with Crippen LogP contribution in [0.2, 0.25) is 0 Å². The van der Waals surface area contributed by atoms with Gasteiger partial charge in [0.2, 0.25) is 0 Å². The molecule has 0 bridgehead atoms. The van der Waals surface area contributed by atoms with E-state index in [1.54, 1.807) is 54.6 Å². The third-order valence-electron chi connectivity index (χ3n) is 5.28. The molecule has 0 saturated heterocycles. The molecule has 4 rings (SSSR count). The number of hydrogen-bond acceptors (Lipinski definition) is 4. The minimum atomic E-state index is -0.525. The van der Waals surface area contributed by atoms with Crippen molar-refractivity contribution in [3.63, 3.8) is 0 Å². The Kier molecular flexibility index (Phi) is 8.69. The Morgan fingerprint density at radius 2 is 1.62 bits per heavy atom. The Labute approximate surface area is 222 Å². The van der Waals surface area contributed by atoms with E-state index in [1.165, 1.54) is 18.2 Å². The summed E-state index contributed by atoms with van der Waals surface area (Å²) in [7, 11) is 0. The number of nitrogens with zero attached hydrogens (tertiary/aromatic N) is 1. The Morgan fingerprint density at radius 1 is 0.892 bits per heavy atom. The van der Waals surface area contributed by atoms with Gasteiger partial charge in [0.15, 0.2) is 0 Å². The summed E-state index contributed by atoms with van der Waals surface area (Å²) in [6.07, 6.45) is 1.49. The Hall–Kier alpha value is -4.41. The highest BCUT2D eigenvalue weighted by molar-refractivity contribution is 9.10. The van der Waals surface area contributed by atoms with E-state index in [0.717, 1.165) is 5.56 Å². The zero-order valence-corrected chi connectivity index (χ0v) is 21.2. The van der Waals surface area contributed by atoms with Gasteiger partial charge in [0.25, 0.3) is 5.91 Å². The predicted molar refractivity (Wildman–Crippen MR) is 144 cm³/mol. The van der Waals surface area contributed by atoms with Gasteiger partial charge in [0.05, 0.1) is 4.47 Å². The fourth-order valence-corrected chi connectivity index (χ4v) is 3.91. The number of nitriles is 1. The van der Waals surface area contributed by atoms with E-state index in [-0.39, 0.29) is 18.0 Å². The minimum absolute atomic E-state index is 0.0512. The first-order chi connectivity index (χ1) is 18.0. The van der Waals surface area contributed by atoms with Gasteiger partial charge in [0, 0.05) is 5.69 Å². The van der Waals surface area contributed by atoms with Crippen LogP contribution in [-0.4, -0.2) is 5.91 Å². The van der Waals surface area contributed by atoms with Crippen LogP contribution in [0.1, 0.15) is 16.7 Å². The standard InChI is InChI=1S/C30H22BrFN2O3/c31-28-17-22(9-14-29(28)37-20-23-7-4-8-25(32)16-23)15-24(18-33)30(35)34-26-10-12-27(13-11-26)36-19-21-5-2-1-3-6-21/h1-17H,19-20H2,(H,34,35)/b24-15+. The third kappa shape index (κ3) is 7.53. The van der Waals surface area contributed by atoms with Gasteiger partial charge >= 0.3 is 0 Å². The molecule has 0 aliphatic rings. The van der Waals surface area contributed by atoms with Gasteiger partial charge in [-0.3, -0.25) is 4.79 Å². The van der Waals surface area contributed by atoms with Crippen LogP contribution >= 0.6 is 15.9 Å². The molecule has 1 amide bonds. The van der Waals surface area contributed by atoms with Gasteiger partial charge in [-0.25, -0.2) is 4.39 Å². The van der Waals surface area contributed by atoms with Crippen molar-refractivity contribution in [2.75, 3.05) is 5.32 Å². The third-order valence-corrected chi connectivity index (χ3v) is 5.90. The van der Waals surface area contributed by atoms with E-state index < -0.39 is 5.91 Å². The molecule has 5 nitrogen and oxygen atoms in total. The summed E-state index contributed by atoms with van der Waals surface area (Å²) >= 11 is 3.45. The molecular formula is C30H22BrFN2O3. The molecule has 0 aromatic heterocycles. The molecule has 1 N–H and O–H groups in total. The summed E-state index contributed by atoms with van der Waals surface area (Å²) in [5.41, 5.74) is 2.89. The monoisotopic (exact) mass is 556 g/mol. The van der Waals surface area contributed by atoms with E-state index in [2.05, 4.69) is 21.2 Å². The van der Waals surface area contributed by atoms with Crippen molar-refractivity contribution < 1.29 is 18.7 Å². The maximum Gasteiger partial charge on any atom is 0.266 e. The molecule has 0 fully saturated rings. The lowest BCUT2D eigenvalue weighted by molar-refractivity contribution is -0.112. The Balaban J connectivity index is 1.36. The number of carbonyl (C=O) groups is 1. The fourth-order valence-electron chi connectivity index (χ4n) is 3.40. The molecule has 0 heterocycles. The van der Waals surface area contributed by atoms with Crippen molar-refractivity contribution in [3.8, 4) is 17.6 Å². The molecular weight excluding hydrogens is 535 g/mol. The van der Waals surface area contributed by atoms with Gasteiger partial charge in [-0.2, -0.15) is 5.26 Å². The van der Waals surface area contributed by atoms with Crippen LogP contribution in [0.5, 0.6) is 11.5 Å². The first-order valence-electron chi connectivity index (χ1n) is 11.4. The molecule has 0 saturated carbocycles. The summed E-state index contributed by atoms with van der Waals surface area (Å²) in [5.74, 6) is 0.375. The molecule has 7 heteroatoms. The number of halogens is 2. The van der Waals surface area contributed by atoms with Crippen molar-refractivity contribution in [1.82, 2.24) is 0 Å². The number of amides is 1. The molecule has 4 aromatic carbocycles. The van der Waals surface area contributed by atoms with Gasteiger partial charge < -0.3 is 14.8 Å². The van der Waals surface area contributed by atoms with Crippen LogP contribution in [0.4, 0.5) is 10.1 Å². The maximum absolute atomic E-state index is 13.4. The second-order valence-electron chi connectivity index (χ2n) is 8.03. The molecule has 4 aromatic rings. The number of carbonyl (C=O) groups excluding carboxylic acids is 1. The quantitative estimate of drug-likeness (QED) is 0.173. The second-order valence-corrected chi connectivity index (χ2v) is 8.89. The van der Waals surface area contributed by atoms with Crippen LogP contribution < -0.4 is 14.8 Å². The van der Waals surface area contributed by atoms with Crippen molar-refractivity contribution in [3.05, 3.63) is 130 Å². The van der Waals surface area contributed by atoms with Crippen LogP contribution in [0.25, 0.3) is 6.08 Å². The van der Waals surface area contributed by atoms with Crippen molar-refractivity contribution in [2.24, 2.45) is 0 Å². The van der Waals surface area contributed by atoms with Crippen molar-refractivity contribution >= 4 is 33.6 Å². The maximum atomic E-state index is 13.4. The molecule has 184 valence electrons. The largest absolute Gasteiger partial charge is 0.489 e. The lowest BCUT2D eigenvalue weighted by Gasteiger charge is -2.10. The summed E-state index contributed by atoms with van der Waals surface area (Å²) in [6.45, 7) is 0.644. The molecule has 0 atom stereocenters. The molecule has 37 heavy (non-hydrogen) atoms. The lowest BCUT2D eigenvalue weighted by Crippen LogP contribution is -2.13. The van der Waals surface area contributed by atoms with Crippen LogP contribution in [-0.2, 0) is 18.0 Å². The van der Waals surface area contributed by atoms with Crippen molar-refractivity contribution in [1.29, 1.82) is 5.26 Å². The molecule has 0 spiro atoms. The normalized spacial score (nSPS) is 10.9. The van der Waals surface area contributed by atoms with Crippen LogP contribution in [0, 0.1) is 17.1 Å². The van der Waals surface area contributed by atoms with E-state index in [1.807, 2.05) is 36.4 Å². The molecule has 0 aliphatic heterocycles.